The Morgan fingerprint density at radius 1 is 1.30 bits per heavy atom. The largest absolute Gasteiger partial charge is 0.391 e. The van der Waals surface area contributed by atoms with Gasteiger partial charge in [-0.3, -0.25) is 0 Å². The molecule has 0 heterocycles. The fraction of sp³-hybridized carbons (Fsp3) is 0.625. The number of benzene rings is 1. The number of likely N-dealkylation sites (N-methyl/N-ethyl adjacent to an activating group) is 1. The monoisotopic (exact) mass is 297 g/mol. The molecule has 3 atom stereocenters. The van der Waals surface area contributed by atoms with E-state index < -0.39 is 6.10 Å². The Morgan fingerprint density at radius 2 is 2.00 bits per heavy atom. The first kappa shape index (κ1) is 15.8. The third kappa shape index (κ3) is 3.95. The maximum atomic E-state index is 10.2. The summed E-state index contributed by atoms with van der Waals surface area (Å²) in [7, 11) is 2.03. The van der Waals surface area contributed by atoms with Crippen molar-refractivity contribution in [3.05, 3.63) is 34.9 Å². The molecule has 1 aromatic carbocycles. The zero-order valence-corrected chi connectivity index (χ0v) is 12.8. The van der Waals surface area contributed by atoms with Crippen LogP contribution in [-0.4, -0.2) is 40.9 Å². The smallest absolute Gasteiger partial charge is 0.0816 e. The zero-order valence-electron chi connectivity index (χ0n) is 12.0. The predicted molar refractivity (Wildman–Crippen MR) is 81.9 cm³/mol. The van der Waals surface area contributed by atoms with Crippen LogP contribution in [0.5, 0.6) is 0 Å². The van der Waals surface area contributed by atoms with Gasteiger partial charge < -0.3 is 15.1 Å². The first-order chi connectivity index (χ1) is 9.59. The third-order valence-electron chi connectivity index (χ3n) is 4.28. The van der Waals surface area contributed by atoms with Crippen LogP contribution in [0.15, 0.2) is 24.3 Å². The fourth-order valence-electron chi connectivity index (χ4n) is 3.00. The van der Waals surface area contributed by atoms with Gasteiger partial charge in [0.15, 0.2) is 0 Å². The number of aliphatic hydroxyl groups is 2. The summed E-state index contributed by atoms with van der Waals surface area (Å²) < 4.78 is 0. The molecule has 1 saturated carbocycles. The highest BCUT2D eigenvalue weighted by Gasteiger charge is 2.26. The summed E-state index contributed by atoms with van der Waals surface area (Å²) in [5.74, 6) is 0. The van der Waals surface area contributed by atoms with Gasteiger partial charge in [-0.15, -0.1) is 0 Å². The lowest BCUT2D eigenvalue weighted by molar-refractivity contribution is 0.0253. The van der Waals surface area contributed by atoms with Crippen LogP contribution >= 0.6 is 11.6 Å². The van der Waals surface area contributed by atoms with E-state index >= 15 is 0 Å². The Bertz CT molecular complexity index is 427. The van der Waals surface area contributed by atoms with Gasteiger partial charge in [-0.2, -0.15) is 0 Å². The molecule has 20 heavy (non-hydrogen) atoms. The molecular weight excluding hydrogens is 274 g/mol. The minimum Gasteiger partial charge on any atom is -0.391 e. The van der Waals surface area contributed by atoms with E-state index in [0.717, 1.165) is 31.4 Å². The number of halogens is 1. The van der Waals surface area contributed by atoms with E-state index in [9.17, 15) is 10.2 Å². The minimum atomic E-state index is -0.549. The lowest BCUT2D eigenvalue weighted by atomic mass is 9.91. The van der Waals surface area contributed by atoms with Gasteiger partial charge in [-0.05, 0) is 37.9 Å². The maximum absolute atomic E-state index is 10.2. The zero-order chi connectivity index (χ0) is 14.5. The fourth-order valence-corrected chi connectivity index (χ4v) is 3.26. The number of rotatable bonds is 5. The Balaban J connectivity index is 1.86. The average Bonchev–Trinajstić information content (AvgIpc) is 2.45. The number of hydrogen-bond acceptors (Lipinski definition) is 3. The Labute approximate surface area is 126 Å². The first-order valence-corrected chi connectivity index (χ1v) is 7.78. The Morgan fingerprint density at radius 3 is 2.70 bits per heavy atom. The van der Waals surface area contributed by atoms with Crippen molar-refractivity contribution >= 4 is 11.6 Å². The van der Waals surface area contributed by atoms with Crippen molar-refractivity contribution in [2.75, 3.05) is 13.6 Å². The van der Waals surface area contributed by atoms with Gasteiger partial charge in [0, 0.05) is 17.6 Å². The second-order valence-electron chi connectivity index (χ2n) is 5.73. The molecule has 1 fully saturated rings. The Hall–Kier alpha value is -0.610. The summed E-state index contributed by atoms with van der Waals surface area (Å²) in [5, 5.41) is 20.9. The van der Waals surface area contributed by atoms with Crippen LogP contribution in [0.25, 0.3) is 0 Å². The predicted octanol–water partition coefficient (Wildman–Crippen LogP) is 3.00. The van der Waals surface area contributed by atoms with Crippen molar-refractivity contribution < 1.29 is 10.2 Å². The molecule has 0 aliphatic heterocycles. The molecule has 1 aliphatic rings. The summed E-state index contributed by atoms with van der Waals surface area (Å²) in [5.41, 5.74) is 0.784. The molecule has 4 heteroatoms. The molecule has 0 aromatic heterocycles. The second kappa shape index (κ2) is 7.41. The summed E-state index contributed by atoms with van der Waals surface area (Å²) in [6.45, 7) is 0.758. The van der Waals surface area contributed by atoms with Gasteiger partial charge in [0.05, 0.1) is 12.2 Å². The molecule has 2 rings (SSSR count). The maximum Gasteiger partial charge on any atom is 0.0816 e. The molecule has 2 N–H and O–H groups in total. The molecule has 0 radical (unpaired) electrons. The van der Waals surface area contributed by atoms with Crippen LogP contribution in [0, 0.1) is 0 Å². The van der Waals surface area contributed by atoms with Crippen LogP contribution < -0.4 is 0 Å². The van der Waals surface area contributed by atoms with Crippen LogP contribution in [0.3, 0.4) is 0 Å². The van der Waals surface area contributed by atoms with Crippen LogP contribution in [0.2, 0.25) is 5.02 Å². The molecule has 1 aromatic rings. The summed E-state index contributed by atoms with van der Waals surface area (Å²) in [6.07, 6.45) is 4.08. The molecule has 1 aliphatic carbocycles. The molecule has 0 spiro atoms. The van der Waals surface area contributed by atoms with E-state index in [4.69, 9.17) is 11.6 Å². The summed E-state index contributed by atoms with van der Waals surface area (Å²) in [4.78, 5) is 2.17. The molecule has 0 bridgehead atoms. The van der Waals surface area contributed by atoms with E-state index in [1.807, 2.05) is 25.2 Å². The summed E-state index contributed by atoms with van der Waals surface area (Å²) >= 11 is 6.09. The van der Waals surface area contributed by atoms with Gasteiger partial charge >= 0.3 is 0 Å². The van der Waals surface area contributed by atoms with Gasteiger partial charge in [0.25, 0.3) is 0 Å². The van der Waals surface area contributed by atoms with E-state index in [0.29, 0.717) is 11.4 Å². The normalized spacial score (nSPS) is 24.9. The molecule has 0 amide bonds. The van der Waals surface area contributed by atoms with Crippen molar-refractivity contribution in [2.24, 2.45) is 0 Å². The average molecular weight is 298 g/mol. The Kier molecular flexibility index (Phi) is 5.85. The standard InChI is InChI=1S/C16H24ClNO2/c1-18(14-8-4-5-9-16(14)20)11-10-15(19)12-6-2-3-7-13(12)17/h2-3,6-7,14-16,19-20H,4-5,8-11H2,1H3. The highest BCUT2D eigenvalue weighted by molar-refractivity contribution is 6.31. The lowest BCUT2D eigenvalue weighted by Gasteiger charge is -2.35. The van der Waals surface area contributed by atoms with Gasteiger partial charge in [0.1, 0.15) is 0 Å². The third-order valence-corrected chi connectivity index (χ3v) is 4.62. The van der Waals surface area contributed by atoms with E-state index in [1.54, 1.807) is 6.07 Å². The number of aliphatic hydroxyl groups excluding tert-OH is 2. The molecule has 3 nitrogen and oxygen atoms in total. The highest BCUT2D eigenvalue weighted by atomic mass is 35.5. The molecule has 112 valence electrons. The minimum absolute atomic E-state index is 0.224. The SMILES string of the molecule is CN(CCC(O)c1ccccc1Cl)C1CCCCC1O. The lowest BCUT2D eigenvalue weighted by Crippen LogP contribution is -2.43. The van der Waals surface area contributed by atoms with Crippen LogP contribution in [0.1, 0.15) is 43.8 Å². The molecular formula is C16H24ClNO2. The quantitative estimate of drug-likeness (QED) is 0.878. The number of hydrogen-bond donors (Lipinski definition) is 2. The van der Waals surface area contributed by atoms with E-state index in [2.05, 4.69) is 4.90 Å². The van der Waals surface area contributed by atoms with Crippen molar-refractivity contribution in [2.45, 2.75) is 50.4 Å². The van der Waals surface area contributed by atoms with Crippen molar-refractivity contribution in [1.29, 1.82) is 0 Å². The van der Waals surface area contributed by atoms with E-state index in [1.165, 1.54) is 6.42 Å². The first-order valence-electron chi connectivity index (χ1n) is 7.40. The van der Waals surface area contributed by atoms with Gasteiger partial charge in [0.2, 0.25) is 0 Å². The topological polar surface area (TPSA) is 43.7 Å². The van der Waals surface area contributed by atoms with Crippen molar-refractivity contribution in [1.82, 2.24) is 4.90 Å². The van der Waals surface area contributed by atoms with Crippen LogP contribution in [-0.2, 0) is 0 Å². The van der Waals surface area contributed by atoms with Gasteiger partial charge in [-0.25, -0.2) is 0 Å². The highest BCUT2D eigenvalue weighted by Crippen LogP contribution is 2.27. The van der Waals surface area contributed by atoms with Crippen molar-refractivity contribution in [3.63, 3.8) is 0 Å². The molecule has 0 saturated heterocycles. The van der Waals surface area contributed by atoms with Crippen molar-refractivity contribution in [3.8, 4) is 0 Å². The van der Waals surface area contributed by atoms with Crippen LogP contribution in [0.4, 0.5) is 0 Å². The molecule has 3 unspecified atom stereocenters. The second-order valence-corrected chi connectivity index (χ2v) is 6.13. The van der Waals surface area contributed by atoms with E-state index in [-0.39, 0.29) is 12.1 Å². The summed E-state index contributed by atoms with van der Waals surface area (Å²) in [6, 6.07) is 7.64. The number of nitrogens with zero attached hydrogens (tertiary/aromatic N) is 1. The van der Waals surface area contributed by atoms with Gasteiger partial charge in [-0.1, -0.05) is 42.6 Å².